The number of nitrogens with one attached hydrogen (secondary N) is 4. The van der Waals surface area contributed by atoms with Crippen molar-refractivity contribution < 1.29 is 32.0 Å². The van der Waals surface area contributed by atoms with E-state index < -0.39 is 51.0 Å². The molecule has 3 aliphatic heterocycles. The Hall–Kier alpha value is -5.58. The molecule has 0 radical (unpaired) electrons. The van der Waals surface area contributed by atoms with Crippen LogP contribution in [-0.2, 0) is 26.2 Å². The van der Waals surface area contributed by atoms with Gasteiger partial charge in [-0.25, -0.2) is 22.5 Å². The van der Waals surface area contributed by atoms with Gasteiger partial charge in [0, 0.05) is 47.2 Å². The molecule has 0 aliphatic carbocycles. The molecule has 0 saturated carbocycles. The van der Waals surface area contributed by atoms with Crippen molar-refractivity contribution in [2.75, 3.05) is 23.7 Å². The maximum absolute atomic E-state index is 15.8. The Kier molecular flexibility index (Phi) is 10.5. The Labute approximate surface area is 324 Å². The Bertz CT molecular complexity index is 2340. The highest BCUT2D eigenvalue weighted by molar-refractivity contribution is 7.89. The largest absolute Gasteiger partial charge is 0.340 e. The van der Waals surface area contributed by atoms with Gasteiger partial charge in [-0.05, 0) is 108 Å². The van der Waals surface area contributed by atoms with Crippen LogP contribution in [0.25, 0.3) is 0 Å². The number of carbonyl (C=O) groups excluding carboxylic acids is 4. The quantitative estimate of drug-likeness (QED) is 0.154. The number of sulfonamides is 1. The summed E-state index contributed by atoms with van der Waals surface area (Å²) in [4.78, 5) is 62.4. The van der Waals surface area contributed by atoms with Crippen molar-refractivity contribution >= 4 is 56.8 Å². The SMILES string of the molecule is Cc1cnc(Nc2ccc(C3CCN(Cc4ccc5c(c4F)C(=O)N(C4CCC(=O)NC4=O)C5=O)CC3)cc2)nc1Nc1cccc(S(=O)(=O)NC(C)(C)C)c1. The number of carbonyl (C=O) groups is 4. The van der Waals surface area contributed by atoms with Gasteiger partial charge in [0.25, 0.3) is 11.8 Å². The topological polar surface area (TPSA) is 183 Å². The molecule has 1 atom stereocenters. The summed E-state index contributed by atoms with van der Waals surface area (Å²) >= 11 is 0. The second kappa shape index (κ2) is 15.2. The second-order valence-electron chi connectivity index (χ2n) is 15.4. The van der Waals surface area contributed by atoms with E-state index in [9.17, 15) is 27.6 Å². The number of imide groups is 2. The summed E-state index contributed by atoms with van der Waals surface area (Å²) in [6, 6.07) is 16.4. The standard InChI is InChI=1S/C40H43FN8O6S/c1-23-21-42-39(46-35(23)43-28-6-5-7-29(20-28)56(54,55)47-40(2,3)4)44-27-11-8-24(9-12-27)25-16-18-48(19-17-25)22-26-10-13-30-33(34(26)41)38(53)49(37(30)52)31-14-15-32(50)45-36(31)51/h5-13,20-21,25,31,47H,14-19,22H2,1-4H3,(H,45,50,51)(H2,42,43,44,46). The van der Waals surface area contributed by atoms with Gasteiger partial charge in [0.2, 0.25) is 27.8 Å². The summed E-state index contributed by atoms with van der Waals surface area (Å²) in [5, 5.41) is 8.61. The summed E-state index contributed by atoms with van der Waals surface area (Å²) in [5.41, 5.74) is 2.57. The van der Waals surface area contributed by atoms with Crippen molar-refractivity contribution in [3.63, 3.8) is 0 Å². The van der Waals surface area contributed by atoms with Crippen molar-refractivity contribution in [1.82, 2.24) is 29.8 Å². The van der Waals surface area contributed by atoms with Gasteiger partial charge in [0.05, 0.1) is 16.0 Å². The van der Waals surface area contributed by atoms with Crippen molar-refractivity contribution in [3.8, 4) is 0 Å². The zero-order valence-electron chi connectivity index (χ0n) is 31.5. The average molecular weight is 783 g/mol. The maximum Gasteiger partial charge on any atom is 0.265 e. The molecule has 56 heavy (non-hydrogen) atoms. The van der Waals surface area contributed by atoms with E-state index in [-0.39, 0.29) is 41.3 Å². The third-order valence-electron chi connectivity index (χ3n) is 10.1. The summed E-state index contributed by atoms with van der Waals surface area (Å²) in [6.45, 7) is 8.88. The maximum atomic E-state index is 15.8. The summed E-state index contributed by atoms with van der Waals surface area (Å²) in [5.74, 6) is -2.37. The first kappa shape index (κ1) is 38.7. The molecule has 1 aromatic heterocycles. The summed E-state index contributed by atoms with van der Waals surface area (Å²) < 4.78 is 44.2. The number of likely N-dealkylation sites (tertiary alicyclic amines) is 1. The highest BCUT2D eigenvalue weighted by Gasteiger charge is 2.46. The molecule has 4 heterocycles. The average Bonchev–Trinajstić information content (AvgIpc) is 3.39. The predicted molar refractivity (Wildman–Crippen MR) is 207 cm³/mol. The molecule has 292 valence electrons. The smallest absolute Gasteiger partial charge is 0.265 e. The molecule has 4 aromatic rings. The predicted octanol–water partition coefficient (Wildman–Crippen LogP) is 5.27. The minimum absolute atomic E-state index is 0.00372. The van der Waals surface area contributed by atoms with Gasteiger partial charge in [-0.3, -0.25) is 34.3 Å². The number of rotatable bonds is 10. The van der Waals surface area contributed by atoms with E-state index in [1.54, 1.807) is 51.2 Å². The third-order valence-corrected chi connectivity index (χ3v) is 11.8. The lowest BCUT2D eigenvalue weighted by molar-refractivity contribution is -0.136. The first-order valence-electron chi connectivity index (χ1n) is 18.4. The molecule has 0 spiro atoms. The van der Waals surface area contributed by atoms with Gasteiger partial charge in [-0.15, -0.1) is 0 Å². The van der Waals surface area contributed by atoms with Gasteiger partial charge in [0.1, 0.15) is 17.7 Å². The lowest BCUT2D eigenvalue weighted by Crippen LogP contribution is -2.54. The zero-order chi connectivity index (χ0) is 39.9. The molecule has 16 heteroatoms. The van der Waals surface area contributed by atoms with Crippen molar-refractivity contribution in [2.45, 2.75) is 82.3 Å². The van der Waals surface area contributed by atoms with Crippen LogP contribution in [0.5, 0.6) is 0 Å². The van der Waals surface area contributed by atoms with Gasteiger partial charge < -0.3 is 10.6 Å². The first-order valence-corrected chi connectivity index (χ1v) is 19.9. The monoisotopic (exact) mass is 782 g/mol. The van der Waals surface area contributed by atoms with Gasteiger partial charge in [-0.2, -0.15) is 4.98 Å². The number of fused-ring (bicyclic) bond motifs is 1. The first-order chi connectivity index (χ1) is 26.6. The summed E-state index contributed by atoms with van der Waals surface area (Å²) in [6.07, 6.45) is 3.35. The van der Waals surface area contributed by atoms with Crippen LogP contribution in [0.1, 0.15) is 89.8 Å². The molecule has 4 amide bonds. The van der Waals surface area contributed by atoms with Crippen LogP contribution in [0.4, 0.5) is 27.5 Å². The van der Waals surface area contributed by atoms with E-state index in [2.05, 4.69) is 47.7 Å². The number of hydrogen-bond donors (Lipinski definition) is 4. The molecule has 0 bridgehead atoms. The van der Waals surface area contributed by atoms with Gasteiger partial charge in [0.15, 0.2) is 0 Å². The zero-order valence-corrected chi connectivity index (χ0v) is 32.3. The molecule has 2 fully saturated rings. The van der Waals surface area contributed by atoms with Gasteiger partial charge >= 0.3 is 0 Å². The number of aryl methyl sites for hydroxylation is 1. The molecule has 14 nitrogen and oxygen atoms in total. The fourth-order valence-corrected chi connectivity index (χ4v) is 8.75. The van der Waals surface area contributed by atoms with E-state index in [1.165, 1.54) is 17.7 Å². The van der Waals surface area contributed by atoms with E-state index in [1.807, 2.05) is 19.1 Å². The number of hydrogen-bond acceptors (Lipinski definition) is 11. The summed E-state index contributed by atoms with van der Waals surface area (Å²) in [7, 11) is -3.72. The van der Waals surface area contributed by atoms with Crippen LogP contribution in [0.15, 0.2) is 71.8 Å². The van der Waals surface area contributed by atoms with Crippen molar-refractivity contribution in [2.24, 2.45) is 0 Å². The molecule has 7 rings (SSSR count). The minimum atomic E-state index is -3.72. The Balaban J connectivity index is 0.947. The van der Waals surface area contributed by atoms with E-state index in [0.29, 0.717) is 36.1 Å². The van der Waals surface area contributed by atoms with Crippen LogP contribution < -0.4 is 20.7 Å². The molecule has 3 aliphatic rings. The van der Waals surface area contributed by atoms with Crippen molar-refractivity contribution in [1.29, 1.82) is 0 Å². The van der Waals surface area contributed by atoms with Crippen LogP contribution >= 0.6 is 0 Å². The number of anilines is 4. The van der Waals surface area contributed by atoms with Crippen LogP contribution in [0.2, 0.25) is 0 Å². The number of benzene rings is 3. The molecular weight excluding hydrogens is 740 g/mol. The normalized spacial score (nSPS) is 18.2. The molecule has 4 N–H and O–H groups in total. The van der Waals surface area contributed by atoms with Crippen LogP contribution in [0.3, 0.4) is 0 Å². The highest BCUT2D eigenvalue weighted by atomic mass is 32.2. The lowest BCUT2D eigenvalue weighted by atomic mass is 9.89. The second-order valence-corrected chi connectivity index (χ2v) is 17.1. The van der Waals surface area contributed by atoms with Crippen LogP contribution in [-0.4, -0.2) is 76.5 Å². The van der Waals surface area contributed by atoms with E-state index >= 15 is 4.39 Å². The lowest BCUT2D eigenvalue weighted by Gasteiger charge is -2.32. The van der Waals surface area contributed by atoms with E-state index in [0.717, 1.165) is 29.0 Å². The number of piperidine rings is 2. The Morgan fingerprint density at radius 3 is 2.34 bits per heavy atom. The van der Waals surface area contributed by atoms with E-state index in [4.69, 9.17) is 0 Å². The molecular formula is C40H43FN8O6S. The Morgan fingerprint density at radius 2 is 1.64 bits per heavy atom. The number of aromatic nitrogens is 2. The number of halogens is 1. The third kappa shape index (κ3) is 8.17. The fourth-order valence-electron chi connectivity index (χ4n) is 7.28. The number of nitrogens with zero attached hydrogens (tertiary/aromatic N) is 4. The van der Waals surface area contributed by atoms with Crippen molar-refractivity contribution in [3.05, 3.63) is 100 Å². The van der Waals surface area contributed by atoms with Gasteiger partial charge in [-0.1, -0.05) is 24.3 Å². The fraction of sp³-hybridized carbons (Fsp3) is 0.350. The number of amides is 4. The Morgan fingerprint density at radius 1 is 0.911 bits per heavy atom. The molecule has 2 saturated heterocycles. The van der Waals surface area contributed by atoms with Crippen LogP contribution in [0, 0.1) is 12.7 Å². The molecule has 3 aromatic carbocycles. The highest BCUT2D eigenvalue weighted by Crippen LogP contribution is 2.34. The molecule has 1 unspecified atom stereocenters. The minimum Gasteiger partial charge on any atom is -0.340 e.